The molecule has 0 radical (unpaired) electrons. The molecule has 4 rings (SSSR count). The molecule has 0 spiro atoms. The number of hydrogen-bond donors (Lipinski definition) is 1. The van der Waals surface area contributed by atoms with Gasteiger partial charge in [0.15, 0.2) is 0 Å². The van der Waals surface area contributed by atoms with E-state index in [0.717, 1.165) is 32.5 Å². The van der Waals surface area contributed by atoms with Gasteiger partial charge in [0, 0.05) is 6.07 Å². The maximum absolute atomic E-state index is 6.57. The van der Waals surface area contributed by atoms with E-state index in [4.69, 9.17) is 11.6 Å². The van der Waals surface area contributed by atoms with E-state index in [9.17, 15) is 0 Å². The van der Waals surface area contributed by atoms with E-state index < -0.39 is 0 Å². The molecule has 2 nitrogen and oxygen atoms in total. The van der Waals surface area contributed by atoms with Crippen LogP contribution in [-0.4, -0.2) is 4.98 Å². The van der Waals surface area contributed by atoms with Crippen molar-refractivity contribution >= 4 is 56.8 Å². The van der Waals surface area contributed by atoms with Gasteiger partial charge in [-0.15, -0.1) is 12.4 Å². The zero-order valence-electron chi connectivity index (χ0n) is 10.9. The third-order valence-corrected chi connectivity index (χ3v) is 4.13. The number of halogens is 2. The minimum absolute atomic E-state index is 0. The Morgan fingerprint density at radius 3 is 2.40 bits per heavy atom. The van der Waals surface area contributed by atoms with Gasteiger partial charge in [0.25, 0.3) is 0 Å². The van der Waals surface area contributed by atoms with Gasteiger partial charge in [-0.25, -0.2) is 0 Å². The molecule has 20 heavy (non-hydrogen) atoms. The molecule has 0 unspecified atom stereocenters. The van der Waals surface area contributed by atoms with Crippen molar-refractivity contribution in [1.29, 1.82) is 0 Å². The van der Waals surface area contributed by atoms with Crippen LogP contribution in [0.2, 0.25) is 5.02 Å². The fourth-order valence-electron chi connectivity index (χ4n) is 2.84. The van der Waals surface area contributed by atoms with Crippen LogP contribution in [0, 0.1) is 0 Å². The van der Waals surface area contributed by atoms with Gasteiger partial charge in [0.2, 0.25) is 11.0 Å². The van der Waals surface area contributed by atoms with Crippen molar-refractivity contribution in [3.63, 3.8) is 0 Å². The predicted octanol–water partition coefficient (Wildman–Crippen LogP) is 4.37. The molecule has 1 N–H and O–H groups in total. The molecule has 0 saturated carbocycles. The average molecular weight is 304 g/mol. The van der Waals surface area contributed by atoms with Crippen LogP contribution in [0.4, 0.5) is 0 Å². The largest absolute Gasteiger partial charge is 0.348 e. The second-order valence-electron chi connectivity index (χ2n) is 4.78. The van der Waals surface area contributed by atoms with Gasteiger partial charge in [0.05, 0.1) is 21.3 Å². The second kappa shape index (κ2) is 4.65. The molecule has 0 aliphatic carbocycles. The van der Waals surface area contributed by atoms with Crippen molar-refractivity contribution < 1.29 is 4.57 Å². The molecule has 0 atom stereocenters. The van der Waals surface area contributed by atoms with E-state index in [2.05, 4.69) is 46.9 Å². The summed E-state index contributed by atoms with van der Waals surface area (Å²) in [4.78, 5) is 3.43. The standard InChI is InChI=1S/C16H11ClN2.ClH/c1-19-13-9-5-3-7-11(13)14(17)15-16(19)10-6-2-4-8-12(10)18-15;/h2-9H,1H3;1H/p+1. The zero-order chi connectivity index (χ0) is 13.0. The monoisotopic (exact) mass is 303 g/mol. The quantitative estimate of drug-likeness (QED) is 0.465. The summed E-state index contributed by atoms with van der Waals surface area (Å²) in [7, 11) is 2.08. The van der Waals surface area contributed by atoms with Crippen LogP contribution in [0.1, 0.15) is 0 Å². The molecule has 2 aromatic heterocycles. The van der Waals surface area contributed by atoms with Gasteiger partial charge >= 0.3 is 0 Å². The van der Waals surface area contributed by atoms with Crippen molar-refractivity contribution in [2.24, 2.45) is 7.05 Å². The number of benzene rings is 2. The Morgan fingerprint density at radius 1 is 0.950 bits per heavy atom. The fraction of sp³-hybridized carbons (Fsp3) is 0.0625. The number of hydrogen-bond acceptors (Lipinski definition) is 0. The van der Waals surface area contributed by atoms with Crippen LogP contribution < -0.4 is 4.57 Å². The summed E-state index contributed by atoms with van der Waals surface area (Å²) in [5.41, 5.74) is 4.42. The van der Waals surface area contributed by atoms with E-state index in [-0.39, 0.29) is 12.4 Å². The first-order valence-corrected chi connectivity index (χ1v) is 6.62. The smallest absolute Gasteiger partial charge is 0.240 e. The number of H-pyrrole nitrogens is 1. The molecule has 4 heteroatoms. The summed E-state index contributed by atoms with van der Waals surface area (Å²) < 4.78 is 2.20. The Bertz CT molecular complexity index is 941. The molecule has 0 amide bonds. The van der Waals surface area contributed by atoms with Crippen LogP contribution in [-0.2, 0) is 7.05 Å². The van der Waals surface area contributed by atoms with Gasteiger partial charge in [-0.3, -0.25) is 0 Å². The van der Waals surface area contributed by atoms with Crippen LogP contribution in [0.25, 0.3) is 32.8 Å². The van der Waals surface area contributed by atoms with Gasteiger partial charge < -0.3 is 4.98 Å². The molecule has 0 aliphatic rings. The molecule has 4 aromatic rings. The topological polar surface area (TPSA) is 19.7 Å². The van der Waals surface area contributed by atoms with Crippen molar-refractivity contribution in [1.82, 2.24) is 4.98 Å². The van der Waals surface area contributed by atoms with Gasteiger partial charge in [-0.1, -0.05) is 35.9 Å². The van der Waals surface area contributed by atoms with Gasteiger partial charge in [-0.2, -0.15) is 4.57 Å². The minimum atomic E-state index is 0. The first-order valence-electron chi connectivity index (χ1n) is 6.24. The molecule has 100 valence electrons. The lowest BCUT2D eigenvalue weighted by Gasteiger charge is -2.01. The number of nitrogens with one attached hydrogen (secondary N) is 1. The molecule has 0 saturated heterocycles. The number of pyridine rings is 1. The predicted molar refractivity (Wildman–Crippen MR) is 86.7 cm³/mol. The highest BCUT2D eigenvalue weighted by Crippen LogP contribution is 2.32. The summed E-state index contributed by atoms with van der Waals surface area (Å²) in [6.45, 7) is 0. The number of para-hydroxylation sites is 2. The molecule has 2 aromatic carbocycles. The molecule has 0 fully saturated rings. The summed E-state index contributed by atoms with van der Waals surface area (Å²) in [5, 5.41) is 3.07. The highest BCUT2D eigenvalue weighted by Gasteiger charge is 2.20. The first-order chi connectivity index (χ1) is 9.27. The summed E-state index contributed by atoms with van der Waals surface area (Å²) in [5.74, 6) is 0. The third kappa shape index (κ3) is 1.62. The second-order valence-corrected chi connectivity index (χ2v) is 5.16. The van der Waals surface area contributed by atoms with Crippen LogP contribution >= 0.6 is 24.0 Å². The molecular weight excluding hydrogens is 291 g/mol. The van der Waals surface area contributed by atoms with E-state index >= 15 is 0 Å². The lowest BCUT2D eigenvalue weighted by Crippen LogP contribution is -2.29. The lowest BCUT2D eigenvalue weighted by molar-refractivity contribution is -0.616. The van der Waals surface area contributed by atoms with Crippen molar-refractivity contribution in [3.8, 4) is 0 Å². The number of aromatic amines is 1. The minimum Gasteiger partial charge on any atom is -0.348 e. The first kappa shape index (κ1) is 13.2. The number of nitrogens with zero attached hydrogens (tertiary/aromatic N) is 1. The van der Waals surface area contributed by atoms with Crippen molar-refractivity contribution in [2.45, 2.75) is 0 Å². The Morgan fingerprint density at radius 2 is 1.60 bits per heavy atom. The van der Waals surface area contributed by atoms with Crippen LogP contribution in [0.15, 0.2) is 48.5 Å². The fourth-order valence-corrected chi connectivity index (χ4v) is 3.14. The molecular formula is C16H13Cl2N2+. The summed E-state index contributed by atoms with van der Waals surface area (Å²) in [6, 6.07) is 16.5. The van der Waals surface area contributed by atoms with E-state index in [1.54, 1.807) is 0 Å². The molecule has 0 bridgehead atoms. The number of aromatic nitrogens is 2. The van der Waals surface area contributed by atoms with E-state index in [1.165, 1.54) is 5.39 Å². The Hall–Kier alpha value is -1.77. The Labute approximate surface area is 127 Å². The highest BCUT2D eigenvalue weighted by molar-refractivity contribution is 6.40. The van der Waals surface area contributed by atoms with Gasteiger partial charge in [-0.05, 0) is 18.2 Å². The lowest BCUT2D eigenvalue weighted by atomic mass is 10.1. The zero-order valence-corrected chi connectivity index (χ0v) is 12.4. The number of aryl methyl sites for hydroxylation is 1. The van der Waals surface area contributed by atoms with Crippen LogP contribution in [0.5, 0.6) is 0 Å². The maximum Gasteiger partial charge on any atom is 0.240 e. The normalized spacial score (nSPS) is 11.1. The average Bonchev–Trinajstić information content (AvgIpc) is 2.84. The van der Waals surface area contributed by atoms with E-state index in [0.29, 0.717) is 0 Å². The number of fused-ring (bicyclic) bond motifs is 4. The van der Waals surface area contributed by atoms with Crippen LogP contribution in [0.3, 0.4) is 0 Å². The Kier molecular flexibility index (Phi) is 3.08. The van der Waals surface area contributed by atoms with Crippen molar-refractivity contribution in [2.75, 3.05) is 0 Å². The van der Waals surface area contributed by atoms with Gasteiger partial charge in [0.1, 0.15) is 12.6 Å². The third-order valence-electron chi connectivity index (χ3n) is 3.74. The maximum atomic E-state index is 6.57. The SMILES string of the molecule is C[n+]1c2ccccc2c(Cl)c2[nH]c3ccccc3c21.Cl. The number of rotatable bonds is 0. The van der Waals surface area contributed by atoms with Crippen molar-refractivity contribution in [3.05, 3.63) is 53.6 Å². The van der Waals surface area contributed by atoms with E-state index in [1.807, 2.05) is 18.2 Å². The summed E-state index contributed by atoms with van der Waals surface area (Å²) in [6.07, 6.45) is 0. The summed E-state index contributed by atoms with van der Waals surface area (Å²) >= 11 is 6.57. The highest BCUT2D eigenvalue weighted by atomic mass is 35.5. The Balaban J connectivity index is 0.00000121. The molecule has 2 heterocycles. The molecule has 0 aliphatic heterocycles.